The molecule has 10 heavy (non-hydrogen) atoms. The summed E-state index contributed by atoms with van der Waals surface area (Å²) in [6, 6.07) is 10.7. The van der Waals surface area contributed by atoms with Crippen molar-refractivity contribution < 1.29 is 26.2 Å². The van der Waals surface area contributed by atoms with Crippen molar-refractivity contribution in [2.45, 2.75) is 13.1 Å². The summed E-state index contributed by atoms with van der Waals surface area (Å²) in [6.45, 7) is 4.61. The first-order valence-corrected chi connectivity index (χ1v) is 5.66. The van der Waals surface area contributed by atoms with Crippen LogP contribution in [0.5, 0.6) is 0 Å². The summed E-state index contributed by atoms with van der Waals surface area (Å²) in [5, 5.41) is 1.52. The summed E-state index contributed by atoms with van der Waals surface area (Å²) in [7, 11) is -0.212. The van der Waals surface area contributed by atoms with Gasteiger partial charge in [0.1, 0.15) is 0 Å². The minimum Gasteiger partial charge on any atom is -0.0671 e. The number of hydrogen-bond acceptors (Lipinski definition) is 0. The SMILES string of the molecule is C[Si](C)c1ccccc1.[Zr]. The maximum absolute atomic E-state index is 2.31. The van der Waals surface area contributed by atoms with Crippen LogP contribution in [0.15, 0.2) is 30.3 Å². The second-order valence-electron chi connectivity index (χ2n) is 2.37. The molecular formula is C8H11SiZr. The summed E-state index contributed by atoms with van der Waals surface area (Å²) in [5.41, 5.74) is 0. The fourth-order valence-corrected chi connectivity index (χ4v) is 1.63. The molecule has 0 amide bonds. The van der Waals surface area contributed by atoms with Crippen molar-refractivity contribution in [2.24, 2.45) is 0 Å². The van der Waals surface area contributed by atoms with Crippen molar-refractivity contribution in [3.63, 3.8) is 0 Å². The van der Waals surface area contributed by atoms with E-state index < -0.39 is 0 Å². The van der Waals surface area contributed by atoms with Gasteiger partial charge >= 0.3 is 0 Å². The molecule has 0 N–H and O–H groups in total. The molecule has 0 saturated heterocycles. The van der Waals surface area contributed by atoms with Crippen LogP contribution < -0.4 is 5.19 Å². The van der Waals surface area contributed by atoms with Crippen molar-refractivity contribution in [3.8, 4) is 0 Å². The zero-order valence-electron chi connectivity index (χ0n) is 6.39. The van der Waals surface area contributed by atoms with E-state index in [0.29, 0.717) is 0 Å². The van der Waals surface area contributed by atoms with Crippen LogP contribution >= 0.6 is 0 Å². The van der Waals surface area contributed by atoms with E-state index in [-0.39, 0.29) is 35.0 Å². The topological polar surface area (TPSA) is 0 Å². The molecule has 0 aliphatic rings. The first kappa shape index (κ1) is 10.3. The van der Waals surface area contributed by atoms with E-state index in [0.717, 1.165) is 0 Å². The summed E-state index contributed by atoms with van der Waals surface area (Å²) < 4.78 is 0. The number of rotatable bonds is 1. The molecule has 0 bridgehead atoms. The van der Waals surface area contributed by atoms with Crippen molar-refractivity contribution >= 4 is 14.0 Å². The van der Waals surface area contributed by atoms with Gasteiger partial charge in [-0.05, 0) is 0 Å². The third-order valence-corrected chi connectivity index (χ3v) is 2.84. The summed E-state index contributed by atoms with van der Waals surface area (Å²) in [6.07, 6.45) is 0. The Balaban J connectivity index is 0.000000810. The Morgan fingerprint density at radius 1 is 1.00 bits per heavy atom. The molecule has 1 aromatic carbocycles. The van der Waals surface area contributed by atoms with Gasteiger partial charge in [0.2, 0.25) is 0 Å². The van der Waals surface area contributed by atoms with Gasteiger partial charge in [-0.25, -0.2) is 0 Å². The molecule has 0 unspecified atom stereocenters. The van der Waals surface area contributed by atoms with E-state index in [1.54, 1.807) is 0 Å². The molecule has 0 aliphatic carbocycles. The Morgan fingerprint density at radius 2 is 1.50 bits per heavy atom. The average Bonchev–Trinajstić information content (AvgIpc) is 1.90. The molecule has 0 spiro atoms. The molecule has 0 aromatic heterocycles. The molecule has 51 valence electrons. The predicted octanol–water partition coefficient (Wildman–Crippen LogP) is 1.65. The number of hydrogen-bond donors (Lipinski definition) is 0. The van der Waals surface area contributed by atoms with Crippen LogP contribution in [0.2, 0.25) is 13.1 Å². The molecule has 0 nitrogen and oxygen atoms in total. The van der Waals surface area contributed by atoms with E-state index in [1.807, 2.05) is 0 Å². The third kappa shape index (κ3) is 2.94. The van der Waals surface area contributed by atoms with Crippen LogP contribution in [-0.2, 0) is 26.2 Å². The standard InChI is InChI=1S/C8H11Si.Zr/c1-9(2)8-6-4-3-5-7-8;/h3-7H,1-2H3;. The molecule has 0 heterocycles. The first-order valence-electron chi connectivity index (χ1n) is 3.16. The zero-order chi connectivity index (χ0) is 6.69. The Labute approximate surface area is 83.4 Å². The summed E-state index contributed by atoms with van der Waals surface area (Å²) >= 11 is 0. The van der Waals surface area contributed by atoms with Crippen molar-refractivity contribution in [1.82, 2.24) is 0 Å². The predicted molar refractivity (Wildman–Crippen MR) is 43.6 cm³/mol. The van der Waals surface area contributed by atoms with E-state index in [1.165, 1.54) is 5.19 Å². The minimum atomic E-state index is -0.212. The fourth-order valence-electron chi connectivity index (χ4n) is 0.771. The molecule has 1 aromatic rings. The normalized spacial score (nSPS) is 9.10. The average molecular weight is 226 g/mol. The Hall–Kier alpha value is 0.320. The van der Waals surface area contributed by atoms with E-state index in [4.69, 9.17) is 0 Å². The van der Waals surface area contributed by atoms with Crippen LogP contribution in [0.3, 0.4) is 0 Å². The molecule has 2 heteroatoms. The summed E-state index contributed by atoms with van der Waals surface area (Å²) in [5.74, 6) is 0. The van der Waals surface area contributed by atoms with Crippen LogP contribution in [-0.4, -0.2) is 8.80 Å². The Kier molecular flexibility index (Phi) is 5.20. The molecule has 0 saturated carbocycles. The molecule has 1 rings (SSSR count). The molecule has 0 atom stereocenters. The van der Waals surface area contributed by atoms with Crippen molar-refractivity contribution in [2.75, 3.05) is 0 Å². The van der Waals surface area contributed by atoms with Crippen molar-refractivity contribution in [1.29, 1.82) is 0 Å². The second-order valence-corrected chi connectivity index (χ2v) is 4.94. The van der Waals surface area contributed by atoms with Crippen molar-refractivity contribution in [3.05, 3.63) is 30.3 Å². The van der Waals surface area contributed by atoms with Gasteiger partial charge in [-0.3, -0.25) is 0 Å². The van der Waals surface area contributed by atoms with Gasteiger partial charge in [-0.15, -0.1) is 0 Å². The minimum absolute atomic E-state index is 0. The van der Waals surface area contributed by atoms with Crippen LogP contribution in [0.4, 0.5) is 0 Å². The van der Waals surface area contributed by atoms with Gasteiger partial charge < -0.3 is 0 Å². The zero-order valence-corrected chi connectivity index (χ0v) is 9.84. The van der Waals surface area contributed by atoms with Gasteiger partial charge in [0.05, 0.1) is 8.80 Å². The van der Waals surface area contributed by atoms with Crippen LogP contribution in [0, 0.1) is 0 Å². The monoisotopic (exact) mass is 225 g/mol. The van der Waals surface area contributed by atoms with E-state index in [9.17, 15) is 0 Å². The third-order valence-electron chi connectivity index (χ3n) is 1.35. The largest absolute Gasteiger partial charge is 0.0791 e. The smallest absolute Gasteiger partial charge is 0.0671 e. The van der Waals surface area contributed by atoms with Gasteiger partial charge in [0.25, 0.3) is 0 Å². The first-order chi connectivity index (χ1) is 4.30. The van der Waals surface area contributed by atoms with Crippen LogP contribution in [0.25, 0.3) is 0 Å². The molecule has 0 fully saturated rings. The maximum atomic E-state index is 2.31. The quantitative estimate of drug-likeness (QED) is 0.639. The Morgan fingerprint density at radius 3 is 1.80 bits per heavy atom. The second kappa shape index (κ2) is 5.03. The van der Waals surface area contributed by atoms with Gasteiger partial charge in [-0.1, -0.05) is 48.6 Å². The molecular weight excluding hydrogens is 215 g/mol. The van der Waals surface area contributed by atoms with E-state index >= 15 is 0 Å². The fraction of sp³-hybridized carbons (Fsp3) is 0.250. The van der Waals surface area contributed by atoms with Crippen LogP contribution in [0.1, 0.15) is 0 Å². The Bertz CT molecular complexity index is 172. The number of benzene rings is 1. The molecule has 1 radical (unpaired) electrons. The van der Waals surface area contributed by atoms with Gasteiger partial charge in [0, 0.05) is 26.2 Å². The maximum Gasteiger partial charge on any atom is 0.0791 e. The van der Waals surface area contributed by atoms with E-state index in [2.05, 4.69) is 43.4 Å². The van der Waals surface area contributed by atoms with Gasteiger partial charge in [-0.2, -0.15) is 0 Å². The molecule has 0 aliphatic heterocycles. The van der Waals surface area contributed by atoms with Gasteiger partial charge in [0.15, 0.2) is 0 Å². The summed E-state index contributed by atoms with van der Waals surface area (Å²) in [4.78, 5) is 0.